The van der Waals surface area contributed by atoms with Crippen LogP contribution in [-0.2, 0) is 16.2 Å². The van der Waals surface area contributed by atoms with Gasteiger partial charge in [-0.3, -0.25) is 9.52 Å². The lowest BCUT2D eigenvalue weighted by Gasteiger charge is -2.16. The Morgan fingerprint density at radius 1 is 1.00 bits per heavy atom. The average Bonchev–Trinajstić information content (AvgIpc) is 3.15. The van der Waals surface area contributed by atoms with Crippen molar-refractivity contribution in [2.24, 2.45) is 0 Å². The lowest BCUT2D eigenvalue weighted by atomic mass is 10.1. The summed E-state index contributed by atoms with van der Waals surface area (Å²) in [6.45, 7) is 1.29. The van der Waals surface area contributed by atoms with Crippen molar-refractivity contribution in [1.29, 1.82) is 0 Å². The first-order valence-corrected chi connectivity index (χ1v) is 9.55. The van der Waals surface area contributed by atoms with Crippen molar-refractivity contribution in [3.8, 4) is 5.69 Å². The van der Waals surface area contributed by atoms with Crippen LogP contribution in [-0.4, -0.2) is 18.8 Å². The Hall–Kier alpha value is -3.07. The summed E-state index contributed by atoms with van der Waals surface area (Å²) in [6.07, 6.45) is -1.47. The molecule has 0 unspecified atom stereocenters. The molecule has 3 rings (SSSR count). The normalized spacial score (nSPS) is 12.0. The van der Waals surface area contributed by atoms with Crippen LogP contribution in [0.1, 0.15) is 22.8 Å². The molecule has 0 saturated heterocycles. The fourth-order valence-electron chi connectivity index (χ4n) is 2.60. The zero-order chi connectivity index (χ0) is 20.5. The topological polar surface area (TPSA) is 68.2 Å². The van der Waals surface area contributed by atoms with E-state index < -0.39 is 21.8 Å². The zero-order valence-electron chi connectivity index (χ0n) is 14.6. The average molecular weight is 408 g/mol. The number of Topliss-reactive ketones (excluding diaryl/α,β-unsaturated/α-hetero) is 1. The Labute approximate surface area is 159 Å². The molecule has 1 N–H and O–H groups in total. The second-order valence-corrected chi connectivity index (χ2v) is 7.69. The Bertz CT molecular complexity index is 1120. The molecule has 0 radical (unpaired) electrons. The summed E-state index contributed by atoms with van der Waals surface area (Å²) in [7, 11) is -4.23. The highest BCUT2D eigenvalue weighted by Crippen LogP contribution is 2.34. The summed E-state index contributed by atoms with van der Waals surface area (Å²) in [4.78, 5) is 11.3. The molecule has 1 heterocycles. The van der Waals surface area contributed by atoms with Crippen LogP contribution >= 0.6 is 0 Å². The largest absolute Gasteiger partial charge is 0.416 e. The van der Waals surface area contributed by atoms with Gasteiger partial charge in [0, 0.05) is 18.0 Å². The van der Waals surface area contributed by atoms with Crippen LogP contribution in [0.5, 0.6) is 0 Å². The van der Waals surface area contributed by atoms with E-state index in [4.69, 9.17) is 0 Å². The molecule has 1 aromatic heterocycles. The lowest BCUT2D eigenvalue weighted by Crippen LogP contribution is -2.16. The minimum absolute atomic E-state index is 0.178. The maximum atomic E-state index is 13.1. The maximum Gasteiger partial charge on any atom is 0.416 e. The molecule has 0 atom stereocenters. The van der Waals surface area contributed by atoms with Crippen LogP contribution in [0.15, 0.2) is 71.9 Å². The number of sulfonamides is 1. The van der Waals surface area contributed by atoms with Gasteiger partial charge in [0.1, 0.15) is 0 Å². The van der Waals surface area contributed by atoms with Crippen molar-refractivity contribution in [2.75, 3.05) is 4.72 Å². The highest BCUT2D eigenvalue weighted by Gasteiger charge is 2.31. The van der Waals surface area contributed by atoms with Crippen LogP contribution in [0.25, 0.3) is 5.69 Å². The maximum absolute atomic E-state index is 13.1. The zero-order valence-corrected chi connectivity index (χ0v) is 15.4. The number of nitrogens with zero attached hydrogens (tertiary/aromatic N) is 1. The molecular formula is C19H15F3N2O3S. The molecular weight excluding hydrogens is 393 g/mol. The number of aromatic nitrogens is 1. The standard InChI is InChI=1S/C19H15F3N2O3S/c1-13(25)14-5-4-6-16(11-14)28(26,27)23-17-12-15(19(20,21)22)7-8-18(17)24-9-2-3-10-24/h2-12,23H,1H3. The first-order chi connectivity index (χ1) is 13.1. The number of carbonyl (C=O) groups excluding carboxylic acids is 1. The fourth-order valence-corrected chi connectivity index (χ4v) is 3.71. The number of rotatable bonds is 5. The van der Waals surface area contributed by atoms with E-state index in [1.165, 1.54) is 41.8 Å². The summed E-state index contributed by atoms with van der Waals surface area (Å²) in [5.74, 6) is -0.329. The number of benzene rings is 2. The number of hydrogen-bond donors (Lipinski definition) is 1. The lowest BCUT2D eigenvalue weighted by molar-refractivity contribution is -0.137. The molecule has 5 nitrogen and oxygen atoms in total. The van der Waals surface area contributed by atoms with Gasteiger partial charge in [0.2, 0.25) is 0 Å². The van der Waals surface area contributed by atoms with Crippen molar-refractivity contribution < 1.29 is 26.4 Å². The van der Waals surface area contributed by atoms with Gasteiger partial charge in [-0.25, -0.2) is 8.42 Å². The molecule has 0 spiro atoms. The van der Waals surface area contributed by atoms with E-state index in [9.17, 15) is 26.4 Å². The molecule has 2 aromatic carbocycles. The van der Waals surface area contributed by atoms with Crippen molar-refractivity contribution in [1.82, 2.24) is 4.57 Å². The van der Waals surface area contributed by atoms with Crippen molar-refractivity contribution in [3.05, 3.63) is 78.1 Å². The van der Waals surface area contributed by atoms with Crippen LogP contribution in [0.2, 0.25) is 0 Å². The van der Waals surface area contributed by atoms with E-state index >= 15 is 0 Å². The van der Waals surface area contributed by atoms with Gasteiger partial charge < -0.3 is 4.57 Å². The van der Waals surface area contributed by atoms with E-state index in [1.54, 1.807) is 24.5 Å². The van der Waals surface area contributed by atoms with E-state index in [0.717, 1.165) is 12.1 Å². The monoisotopic (exact) mass is 408 g/mol. The molecule has 0 bridgehead atoms. The Balaban J connectivity index is 2.09. The molecule has 28 heavy (non-hydrogen) atoms. The van der Waals surface area contributed by atoms with E-state index in [-0.39, 0.29) is 27.6 Å². The van der Waals surface area contributed by atoms with Gasteiger partial charge in [-0.1, -0.05) is 12.1 Å². The molecule has 9 heteroatoms. The van der Waals surface area contributed by atoms with Gasteiger partial charge in [0.05, 0.1) is 21.8 Å². The molecule has 0 saturated carbocycles. The first kappa shape index (κ1) is 19.7. The van der Waals surface area contributed by atoms with Crippen LogP contribution in [0.4, 0.5) is 18.9 Å². The second kappa shape index (κ2) is 7.16. The molecule has 0 aliphatic rings. The van der Waals surface area contributed by atoms with Gasteiger partial charge in [-0.05, 0) is 49.4 Å². The van der Waals surface area contributed by atoms with Gasteiger partial charge in [-0.2, -0.15) is 13.2 Å². The molecule has 0 aliphatic carbocycles. The van der Waals surface area contributed by atoms with E-state index in [1.807, 2.05) is 0 Å². The highest BCUT2D eigenvalue weighted by molar-refractivity contribution is 7.92. The first-order valence-electron chi connectivity index (χ1n) is 8.06. The Morgan fingerprint density at radius 2 is 1.68 bits per heavy atom. The molecule has 3 aromatic rings. The summed E-state index contributed by atoms with van der Waals surface area (Å²) in [6, 6.07) is 11.4. The number of anilines is 1. The SMILES string of the molecule is CC(=O)c1cccc(S(=O)(=O)Nc2cc(C(F)(F)F)ccc2-n2cccc2)c1. The summed E-state index contributed by atoms with van der Waals surface area (Å²) in [5, 5.41) is 0. The number of ketones is 1. The van der Waals surface area contributed by atoms with Crippen molar-refractivity contribution >= 4 is 21.5 Å². The summed E-state index contributed by atoms with van der Waals surface area (Å²) in [5.41, 5.74) is -0.820. The molecule has 146 valence electrons. The predicted molar refractivity (Wildman–Crippen MR) is 98.0 cm³/mol. The predicted octanol–water partition coefficient (Wildman–Crippen LogP) is 4.50. The third-order valence-electron chi connectivity index (χ3n) is 4.00. The third-order valence-corrected chi connectivity index (χ3v) is 5.36. The van der Waals surface area contributed by atoms with Crippen LogP contribution < -0.4 is 4.72 Å². The van der Waals surface area contributed by atoms with E-state index in [0.29, 0.717) is 0 Å². The number of alkyl halides is 3. The number of nitrogens with one attached hydrogen (secondary N) is 1. The van der Waals surface area contributed by atoms with Crippen LogP contribution in [0, 0.1) is 0 Å². The number of halogens is 3. The van der Waals surface area contributed by atoms with Gasteiger partial charge in [0.25, 0.3) is 10.0 Å². The minimum Gasteiger partial charge on any atom is -0.322 e. The molecule has 0 fully saturated rings. The summed E-state index contributed by atoms with van der Waals surface area (Å²) < 4.78 is 68.5. The highest BCUT2D eigenvalue weighted by atomic mass is 32.2. The van der Waals surface area contributed by atoms with Crippen molar-refractivity contribution in [2.45, 2.75) is 18.0 Å². The van der Waals surface area contributed by atoms with Crippen molar-refractivity contribution in [3.63, 3.8) is 0 Å². The van der Waals surface area contributed by atoms with Crippen LogP contribution in [0.3, 0.4) is 0 Å². The quantitative estimate of drug-likeness (QED) is 0.632. The minimum atomic E-state index is -4.63. The van der Waals surface area contributed by atoms with E-state index in [2.05, 4.69) is 4.72 Å². The second-order valence-electron chi connectivity index (χ2n) is 6.01. The molecule has 0 amide bonds. The molecule has 0 aliphatic heterocycles. The fraction of sp³-hybridized carbons (Fsp3) is 0.105. The third kappa shape index (κ3) is 4.09. The van der Waals surface area contributed by atoms with Gasteiger partial charge >= 0.3 is 6.18 Å². The Morgan fingerprint density at radius 3 is 2.29 bits per heavy atom. The summed E-state index contributed by atoms with van der Waals surface area (Å²) >= 11 is 0. The number of hydrogen-bond acceptors (Lipinski definition) is 3. The number of carbonyl (C=O) groups is 1. The van der Waals surface area contributed by atoms with Gasteiger partial charge in [0.15, 0.2) is 5.78 Å². The Kier molecular flexibility index (Phi) is 5.03. The smallest absolute Gasteiger partial charge is 0.322 e. The van der Waals surface area contributed by atoms with Gasteiger partial charge in [-0.15, -0.1) is 0 Å².